The van der Waals surface area contributed by atoms with Gasteiger partial charge in [0.05, 0.1) is 13.1 Å². The smallest absolute Gasteiger partial charge is 0.260 e. The molecule has 3 aromatic carbocycles. The molecule has 0 aliphatic carbocycles. The van der Waals surface area contributed by atoms with Gasteiger partial charge in [0.25, 0.3) is 11.8 Å². The zero-order valence-electron chi connectivity index (χ0n) is 21.9. The van der Waals surface area contributed by atoms with Crippen LogP contribution in [0, 0.1) is 0 Å². The fourth-order valence-electron chi connectivity index (χ4n) is 4.32. The largest absolute Gasteiger partial charge is 0.356 e. The van der Waals surface area contributed by atoms with Crippen LogP contribution in [0.25, 0.3) is 0 Å². The molecule has 0 atom stereocenters. The molecule has 1 aliphatic rings. The van der Waals surface area contributed by atoms with Gasteiger partial charge >= 0.3 is 0 Å². The molecule has 1 heterocycles. The molecule has 0 bridgehead atoms. The van der Waals surface area contributed by atoms with Gasteiger partial charge in [-0.2, -0.15) is 0 Å². The molecule has 0 radical (unpaired) electrons. The maximum Gasteiger partial charge on any atom is 0.260 e. The molecule has 7 nitrogen and oxygen atoms in total. The summed E-state index contributed by atoms with van der Waals surface area (Å²) in [7, 11) is 0. The summed E-state index contributed by atoms with van der Waals surface area (Å²) in [6.45, 7) is 9.11. The maximum absolute atomic E-state index is 12.6. The minimum atomic E-state index is -0.357. The minimum Gasteiger partial charge on any atom is -0.356 e. The van der Waals surface area contributed by atoms with E-state index in [1.165, 1.54) is 5.56 Å². The molecule has 7 heteroatoms. The Morgan fingerprint density at radius 3 is 1.97 bits per heavy atom. The fraction of sp³-hybridized carbons (Fsp3) is 0.333. The van der Waals surface area contributed by atoms with E-state index in [1.807, 2.05) is 64.4 Å². The van der Waals surface area contributed by atoms with Crippen LogP contribution < -0.4 is 5.32 Å². The average molecular weight is 501 g/mol. The first-order valence-corrected chi connectivity index (χ1v) is 12.7. The molecular formula is C30H36N4O3. The van der Waals surface area contributed by atoms with Crippen molar-refractivity contribution in [1.82, 2.24) is 14.9 Å². The number of hydrogen-bond donors (Lipinski definition) is 2. The number of carbonyl (C=O) groups is 2. The van der Waals surface area contributed by atoms with Gasteiger partial charge in [0.1, 0.15) is 0 Å². The van der Waals surface area contributed by atoms with Crippen molar-refractivity contribution in [2.24, 2.45) is 0 Å². The van der Waals surface area contributed by atoms with E-state index < -0.39 is 0 Å². The van der Waals surface area contributed by atoms with E-state index in [0.717, 1.165) is 22.0 Å². The van der Waals surface area contributed by atoms with Crippen molar-refractivity contribution >= 4 is 23.2 Å². The normalized spacial score (nSPS) is 14.3. The molecule has 4 rings (SSSR count). The predicted octanol–water partition coefficient (Wildman–Crippen LogP) is 4.90. The molecule has 2 N–H and O–H groups in total. The molecule has 37 heavy (non-hydrogen) atoms. The first-order valence-electron chi connectivity index (χ1n) is 12.7. The number of nitrogens with zero attached hydrogens (tertiary/aromatic N) is 3. The quantitative estimate of drug-likeness (QED) is 0.356. The zero-order chi connectivity index (χ0) is 26.4. The Hall–Kier alpha value is -3.68. The van der Waals surface area contributed by atoms with Gasteiger partial charge in [0.15, 0.2) is 0 Å². The third-order valence-corrected chi connectivity index (χ3v) is 6.65. The summed E-state index contributed by atoms with van der Waals surface area (Å²) in [5, 5.41) is 14.5. The summed E-state index contributed by atoms with van der Waals surface area (Å²) in [4.78, 5) is 29.0. The molecule has 1 fully saturated rings. The van der Waals surface area contributed by atoms with Gasteiger partial charge in [0, 0.05) is 43.1 Å². The molecule has 1 aliphatic heterocycles. The number of rotatable bonds is 7. The first-order chi connectivity index (χ1) is 17.7. The topological polar surface area (TPSA) is 76.1 Å². The van der Waals surface area contributed by atoms with Gasteiger partial charge in [-0.3, -0.25) is 19.7 Å². The van der Waals surface area contributed by atoms with Crippen LogP contribution in [0.3, 0.4) is 0 Å². The third-order valence-electron chi connectivity index (χ3n) is 6.65. The van der Waals surface area contributed by atoms with Gasteiger partial charge < -0.3 is 10.2 Å². The summed E-state index contributed by atoms with van der Waals surface area (Å²) in [6, 6.07) is 25.3. The second-order valence-corrected chi connectivity index (χ2v) is 10.5. The van der Waals surface area contributed by atoms with E-state index in [-0.39, 0.29) is 30.3 Å². The summed E-state index contributed by atoms with van der Waals surface area (Å²) in [5.41, 5.74) is 4.85. The lowest BCUT2D eigenvalue weighted by atomic mass is 9.87. The molecule has 2 amide bonds. The van der Waals surface area contributed by atoms with Crippen molar-refractivity contribution in [3.05, 3.63) is 95.6 Å². The van der Waals surface area contributed by atoms with Gasteiger partial charge in [0.2, 0.25) is 0 Å². The average Bonchev–Trinajstić information content (AvgIpc) is 2.90. The van der Waals surface area contributed by atoms with Crippen molar-refractivity contribution < 1.29 is 14.8 Å². The highest BCUT2D eigenvalue weighted by molar-refractivity contribution is 5.94. The SMILES string of the molecule is CC(C)(C)c1ccc(Nc2ccc(CN(O)C(=O)CN3CCN(C(=O)c4ccccc4)CC3)cc2)cc1. The molecule has 1 saturated heterocycles. The second-order valence-electron chi connectivity index (χ2n) is 10.5. The van der Waals surface area contributed by atoms with Crippen LogP contribution >= 0.6 is 0 Å². The van der Waals surface area contributed by atoms with Crippen LogP contribution in [-0.2, 0) is 16.8 Å². The summed E-state index contributed by atoms with van der Waals surface area (Å²) in [6.07, 6.45) is 0. The van der Waals surface area contributed by atoms with Gasteiger partial charge in [-0.1, -0.05) is 63.2 Å². The van der Waals surface area contributed by atoms with Crippen molar-refractivity contribution in [2.75, 3.05) is 38.0 Å². The van der Waals surface area contributed by atoms with E-state index in [1.54, 1.807) is 0 Å². The number of benzene rings is 3. The lowest BCUT2D eigenvalue weighted by molar-refractivity contribution is -0.169. The number of nitrogens with one attached hydrogen (secondary N) is 1. The van der Waals surface area contributed by atoms with Crippen molar-refractivity contribution in [2.45, 2.75) is 32.7 Å². The van der Waals surface area contributed by atoms with E-state index in [2.05, 4.69) is 50.4 Å². The number of carbonyl (C=O) groups excluding carboxylic acids is 2. The van der Waals surface area contributed by atoms with Crippen LogP contribution in [0.1, 0.15) is 42.3 Å². The Morgan fingerprint density at radius 1 is 0.838 bits per heavy atom. The van der Waals surface area contributed by atoms with Crippen LogP contribution in [0.15, 0.2) is 78.9 Å². The number of piperazine rings is 1. The predicted molar refractivity (Wildman–Crippen MR) is 146 cm³/mol. The minimum absolute atomic E-state index is 0.00946. The third kappa shape index (κ3) is 7.18. The van der Waals surface area contributed by atoms with Gasteiger partial charge in [-0.25, -0.2) is 5.06 Å². The number of hydrogen-bond acceptors (Lipinski definition) is 5. The number of anilines is 2. The molecular weight excluding hydrogens is 464 g/mol. The molecule has 0 aromatic heterocycles. The lowest BCUT2D eigenvalue weighted by Gasteiger charge is -2.34. The van der Waals surface area contributed by atoms with E-state index in [4.69, 9.17) is 0 Å². The highest BCUT2D eigenvalue weighted by Crippen LogP contribution is 2.25. The number of amides is 2. The molecule has 0 saturated carbocycles. The van der Waals surface area contributed by atoms with E-state index in [0.29, 0.717) is 31.7 Å². The van der Waals surface area contributed by atoms with Crippen molar-refractivity contribution in [3.8, 4) is 0 Å². The van der Waals surface area contributed by atoms with Gasteiger partial charge in [-0.05, 0) is 52.9 Å². The monoisotopic (exact) mass is 500 g/mol. The maximum atomic E-state index is 12.6. The van der Waals surface area contributed by atoms with Crippen LogP contribution in [0.5, 0.6) is 0 Å². The Labute approximate surface area is 219 Å². The van der Waals surface area contributed by atoms with E-state index >= 15 is 0 Å². The van der Waals surface area contributed by atoms with Crippen molar-refractivity contribution in [3.63, 3.8) is 0 Å². The van der Waals surface area contributed by atoms with Crippen LogP contribution in [-0.4, -0.2) is 64.6 Å². The summed E-state index contributed by atoms with van der Waals surface area (Å²) >= 11 is 0. The standard InChI is InChI=1S/C30H36N4O3/c1-30(2,3)25-11-15-27(16-12-25)31-26-13-9-23(10-14-26)21-34(37)28(35)22-32-17-19-33(20-18-32)29(36)24-7-5-4-6-8-24/h4-16,31,37H,17-22H2,1-3H3. The Balaban J connectivity index is 1.23. The Morgan fingerprint density at radius 2 is 1.41 bits per heavy atom. The summed E-state index contributed by atoms with van der Waals surface area (Å²) < 4.78 is 0. The first kappa shape index (κ1) is 26.4. The van der Waals surface area contributed by atoms with Crippen molar-refractivity contribution in [1.29, 1.82) is 0 Å². The highest BCUT2D eigenvalue weighted by Gasteiger charge is 2.24. The van der Waals surface area contributed by atoms with E-state index in [9.17, 15) is 14.8 Å². The molecule has 194 valence electrons. The Kier molecular flexibility index (Phi) is 8.26. The highest BCUT2D eigenvalue weighted by atomic mass is 16.5. The molecule has 0 spiro atoms. The second kappa shape index (κ2) is 11.6. The van der Waals surface area contributed by atoms with Crippen LogP contribution in [0.4, 0.5) is 11.4 Å². The molecule has 0 unspecified atom stereocenters. The molecule has 3 aromatic rings. The fourth-order valence-corrected chi connectivity index (χ4v) is 4.32. The van der Waals surface area contributed by atoms with Crippen LogP contribution in [0.2, 0.25) is 0 Å². The summed E-state index contributed by atoms with van der Waals surface area (Å²) in [5.74, 6) is -0.348. The number of hydroxylamine groups is 2. The Bertz CT molecular complexity index is 1180. The van der Waals surface area contributed by atoms with Gasteiger partial charge in [-0.15, -0.1) is 0 Å². The lowest BCUT2D eigenvalue weighted by Crippen LogP contribution is -2.51. The zero-order valence-corrected chi connectivity index (χ0v) is 21.9.